The highest BCUT2D eigenvalue weighted by Crippen LogP contribution is 2.52. The number of benzene rings is 2. The molecule has 0 saturated carbocycles. The summed E-state index contributed by atoms with van der Waals surface area (Å²) in [5.74, 6) is 1.01. The molecule has 1 N–H and O–H groups in total. The first-order valence-corrected chi connectivity index (χ1v) is 8.39. The lowest BCUT2D eigenvalue weighted by Crippen LogP contribution is -2.29. The van der Waals surface area contributed by atoms with Crippen LogP contribution in [0.25, 0.3) is 0 Å². The smallest absolute Gasteiger partial charge is 0.0568 e. The van der Waals surface area contributed by atoms with E-state index in [0.29, 0.717) is 11.8 Å². The molecule has 0 radical (unpaired) electrons. The number of nitrogens with one attached hydrogen (secondary N) is 1. The molecule has 0 amide bonds. The number of hydrogen-bond acceptors (Lipinski definition) is 1. The lowest BCUT2D eigenvalue weighted by Gasteiger charge is -2.38. The normalized spacial score (nSPS) is 26.1. The van der Waals surface area contributed by atoms with Crippen LogP contribution in [0.3, 0.4) is 0 Å². The molecule has 1 aliphatic carbocycles. The zero-order chi connectivity index (χ0) is 14.4. The van der Waals surface area contributed by atoms with E-state index in [-0.39, 0.29) is 6.04 Å². The van der Waals surface area contributed by atoms with E-state index in [1.165, 1.54) is 16.8 Å². The van der Waals surface area contributed by atoms with Crippen molar-refractivity contribution in [1.82, 2.24) is 0 Å². The van der Waals surface area contributed by atoms with Crippen molar-refractivity contribution in [2.45, 2.75) is 18.4 Å². The van der Waals surface area contributed by atoms with Gasteiger partial charge in [-0.25, -0.2) is 0 Å². The summed E-state index contributed by atoms with van der Waals surface area (Å²) in [6.45, 7) is 0. The van der Waals surface area contributed by atoms with Gasteiger partial charge in [0.1, 0.15) is 0 Å². The summed E-state index contributed by atoms with van der Waals surface area (Å²) in [4.78, 5) is 0. The topological polar surface area (TPSA) is 12.0 Å². The van der Waals surface area contributed by atoms with Crippen molar-refractivity contribution < 1.29 is 0 Å². The Bertz CT molecular complexity index is 725. The number of hydrogen-bond donors (Lipinski definition) is 1. The number of anilines is 1. The molecule has 0 spiro atoms. The minimum absolute atomic E-state index is 0.255. The van der Waals surface area contributed by atoms with E-state index in [2.05, 4.69) is 63.7 Å². The summed E-state index contributed by atoms with van der Waals surface area (Å²) in [6, 6.07) is 14.9. The van der Waals surface area contributed by atoms with Gasteiger partial charge in [0.15, 0.2) is 0 Å². The van der Waals surface area contributed by atoms with Crippen LogP contribution >= 0.6 is 27.5 Å². The van der Waals surface area contributed by atoms with Crippen LogP contribution in [0.15, 0.2) is 59.1 Å². The zero-order valence-corrected chi connectivity index (χ0v) is 13.7. The molecule has 0 saturated heterocycles. The van der Waals surface area contributed by atoms with Crippen LogP contribution in [0.4, 0.5) is 5.69 Å². The van der Waals surface area contributed by atoms with Crippen LogP contribution in [-0.4, -0.2) is 0 Å². The van der Waals surface area contributed by atoms with Crippen molar-refractivity contribution >= 4 is 33.2 Å². The molecule has 0 aromatic heterocycles. The molecule has 3 unspecified atom stereocenters. The first kappa shape index (κ1) is 13.4. The molecule has 1 nitrogen and oxygen atoms in total. The molecular formula is C18H15BrClN. The van der Waals surface area contributed by atoms with Crippen molar-refractivity contribution in [1.29, 1.82) is 0 Å². The van der Waals surface area contributed by atoms with Crippen molar-refractivity contribution in [3.05, 3.63) is 75.2 Å². The number of para-hydroxylation sites is 1. The van der Waals surface area contributed by atoms with E-state index in [0.717, 1.165) is 15.9 Å². The third-order valence-corrected chi connectivity index (χ3v) is 5.59. The Morgan fingerprint density at radius 3 is 2.71 bits per heavy atom. The van der Waals surface area contributed by atoms with E-state index >= 15 is 0 Å². The van der Waals surface area contributed by atoms with Crippen molar-refractivity contribution in [3.8, 4) is 0 Å². The standard InChI is InChI=1S/C18H15BrClN/c19-15-9-4-8-13-11-6-3-7-12(11)17(21-18(13)15)14-5-1-2-10-16(14)20/h1-6,8-12,17,21H,7H2. The van der Waals surface area contributed by atoms with Crippen molar-refractivity contribution in [2.75, 3.05) is 5.32 Å². The molecule has 2 aliphatic rings. The van der Waals surface area contributed by atoms with Crippen molar-refractivity contribution in [3.63, 3.8) is 0 Å². The van der Waals surface area contributed by atoms with Gasteiger partial charge in [-0.1, -0.05) is 54.1 Å². The molecule has 3 atom stereocenters. The van der Waals surface area contributed by atoms with Crippen LogP contribution in [0.2, 0.25) is 5.02 Å². The van der Waals surface area contributed by atoms with Gasteiger partial charge in [0, 0.05) is 15.4 Å². The zero-order valence-electron chi connectivity index (χ0n) is 11.4. The highest BCUT2D eigenvalue weighted by molar-refractivity contribution is 9.10. The van der Waals surface area contributed by atoms with Gasteiger partial charge < -0.3 is 5.32 Å². The monoisotopic (exact) mass is 359 g/mol. The largest absolute Gasteiger partial charge is 0.377 e. The van der Waals surface area contributed by atoms with E-state index in [1.54, 1.807) is 0 Å². The molecule has 3 heteroatoms. The van der Waals surface area contributed by atoms with Gasteiger partial charge in [-0.15, -0.1) is 0 Å². The van der Waals surface area contributed by atoms with Gasteiger partial charge in [0.25, 0.3) is 0 Å². The molecule has 2 aromatic carbocycles. The highest BCUT2D eigenvalue weighted by Gasteiger charge is 2.38. The Morgan fingerprint density at radius 1 is 1.05 bits per heavy atom. The average molecular weight is 361 g/mol. The number of allylic oxidation sites excluding steroid dienone is 2. The minimum atomic E-state index is 0.255. The SMILES string of the molecule is Clc1ccccc1C1Nc2c(Br)cccc2C2C=CCC21. The fraction of sp³-hybridized carbons (Fsp3) is 0.222. The van der Waals surface area contributed by atoms with E-state index in [4.69, 9.17) is 11.6 Å². The van der Waals surface area contributed by atoms with Gasteiger partial charge in [0.2, 0.25) is 0 Å². The second kappa shape index (κ2) is 5.19. The van der Waals surface area contributed by atoms with Crippen LogP contribution < -0.4 is 5.32 Å². The summed E-state index contributed by atoms with van der Waals surface area (Å²) in [7, 11) is 0. The van der Waals surface area contributed by atoms with Crippen molar-refractivity contribution in [2.24, 2.45) is 5.92 Å². The van der Waals surface area contributed by atoms with E-state index in [9.17, 15) is 0 Å². The summed E-state index contributed by atoms with van der Waals surface area (Å²) in [5.41, 5.74) is 3.78. The van der Waals surface area contributed by atoms with Crippen LogP contribution in [0.5, 0.6) is 0 Å². The molecule has 1 heterocycles. The third-order valence-electron chi connectivity index (χ3n) is 4.59. The third kappa shape index (κ3) is 2.13. The molecule has 106 valence electrons. The fourth-order valence-electron chi connectivity index (χ4n) is 3.62. The fourth-order valence-corrected chi connectivity index (χ4v) is 4.37. The Morgan fingerprint density at radius 2 is 1.86 bits per heavy atom. The van der Waals surface area contributed by atoms with E-state index in [1.807, 2.05) is 12.1 Å². The molecule has 1 aliphatic heterocycles. The Hall–Kier alpha value is -1.25. The van der Waals surface area contributed by atoms with Crippen LogP contribution in [0, 0.1) is 5.92 Å². The van der Waals surface area contributed by atoms with Crippen LogP contribution in [0.1, 0.15) is 29.5 Å². The predicted octanol–water partition coefficient (Wildman–Crippen LogP) is 5.93. The van der Waals surface area contributed by atoms with Gasteiger partial charge in [-0.05, 0) is 51.5 Å². The van der Waals surface area contributed by atoms with E-state index < -0.39 is 0 Å². The summed E-state index contributed by atoms with van der Waals surface area (Å²) < 4.78 is 1.12. The lowest BCUT2D eigenvalue weighted by atomic mass is 9.77. The first-order chi connectivity index (χ1) is 10.3. The number of halogens is 2. The summed E-state index contributed by atoms with van der Waals surface area (Å²) in [5, 5.41) is 4.57. The molecule has 0 fully saturated rings. The minimum Gasteiger partial charge on any atom is -0.377 e. The lowest BCUT2D eigenvalue weighted by molar-refractivity contribution is 0.425. The Balaban J connectivity index is 1.85. The summed E-state index contributed by atoms with van der Waals surface area (Å²) in [6.07, 6.45) is 5.75. The molecule has 2 aromatic rings. The number of rotatable bonds is 1. The summed E-state index contributed by atoms with van der Waals surface area (Å²) >= 11 is 10.1. The molecule has 4 rings (SSSR count). The maximum atomic E-state index is 6.44. The molecule has 21 heavy (non-hydrogen) atoms. The maximum absolute atomic E-state index is 6.44. The molecular weight excluding hydrogens is 346 g/mol. The van der Waals surface area contributed by atoms with Crippen LogP contribution in [-0.2, 0) is 0 Å². The first-order valence-electron chi connectivity index (χ1n) is 7.22. The maximum Gasteiger partial charge on any atom is 0.0568 e. The van der Waals surface area contributed by atoms with Gasteiger partial charge in [-0.3, -0.25) is 0 Å². The second-order valence-corrected chi connectivity index (χ2v) is 6.96. The number of fused-ring (bicyclic) bond motifs is 3. The Kier molecular flexibility index (Phi) is 3.31. The van der Waals surface area contributed by atoms with Gasteiger partial charge >= 0.3 is 0 Å². The Labute approximate surface area is 138 Å². The predicted molar refractivity (Wildman–Crippen MR) is 91.9 cm³/mol. The highest BCUT2D eigenvalue weighted by atomic mass is 79.9. The van der Waals surface area contributed by atoms with Gasteiger partial charge in [-0.2, -0.15) is 0 Å². The molecule has 0 bridgehead atoms. The second-order valence-electron chi connectivity index (χ2n) is 5.70. The average Bonchev–Trinajstić information content (AvgIpc) is 2.97. The quantitative estimate of drug-likeness (QED) is 0.622. The van der Waals surface area contributed by atoms with Gasteiger partial charge in [0.05, 0.1) is 11.7 Å².